The second-order valence-corrected chi connectivity index (χ2v) is 8.06. The molecule has 2 heterocycles. The van der Waals surface area contributed by atoms with Crippen molar-refractivity contribution in [2.75, 3.05) is 11.9 Å². The monoisotopic (exact) mass is 441 g/mol. The average Bonchev–Trinajstić information content (AvgIpc) is 3.21. The number of para-hydroxylation sites is 1. The number of benzene rings is 1. The van der Waals surface area contributed by atoms with E-state index in [1.807, 2.05) is 39.0 Å². The molecule has 0 unspecified atom stereocenters. The summed E-state index contributed by atoms with van der Waals surface area (Å²) < 4.78 is 6.48. The molecule has 8 heteroatoms. The van der Waals surface area contributed by atoms with Gasteiger partial charge in [-0.2, -0.15) is 0 Å². The van der Waals surface area contributed by atoms with Crippen LogP contribution in [-0.2, 0) is 28.9 Å². The first-order valence-electron chi connectivity index (χ1n) is 10.5. The molecule has 0 aliphatic heterocycles. The molecule has 164 valence electrons. The number of nitrogens with one attached hydrogen (secondary N) is 1. The quantitative estimate of drug-likeness (QED) is 0.397. The molecule has 0 spiro atoms. The van der Waals surface area contributed by atoms with Crippen LogP contribution in [0.5, 0.6) is 0 Å². The number of thiophene rings is 1. The minimum Gasteiger partial charge on any atom is -0.462 e. The molecular weight excluding hydrogens is 414 g/mol. The molecule has 31 heavy (non-hydrogen) atoms. The topological polar surface area (TPSA) is 90.3 Å². The minimum absolute atomic E-state index is 0.191. The molecule has 3 rings (SSSR count). The van der Waals surface area contributed by atoms with E-state index in [1.165, 1.54) is 22.2 Å². The second-order valence-electron chi connectivity index (χ2n) is 7.20. The van der Waals surface area contributed by atoms with Crippen LogP contribution in [0.2, 0.25) is 0 Å². The third-order valence-electron chi connectivity index (χ3n) is 5.09. The van der Waals surface area contributed by atoms with Gasteiger partial charge in [0.2, 0.25) is 5.91 Å². The third kappa shape index (κ3) is 5.02. The SMILES string of the molecule is CCCCOC(=O)c1csc2ncn(CC(=O)Nc3c(CC)cccc3CC)c(=O)c12. The van der Waals surface area contributed by atoms with Crippen molar-refractivity contribution in [2.45, 2.75) is 53.0 Å². The maximum absolute atomic E-state index is 13.0. The lowest BCUT2D eigenvalue weighted by Gasteiger charge is -2.15. The minimum atomic E-state index is -0.537. The van der Waals surface area contributed by atoms with Crippen molar-refractivity contribution in [1.29, 1.82) is 0 Å². The zero-order valence-corrected chi connectivity index (χ0v) is 18.9. The van der Waals surface area contributed by atoms with E-state index in [2.05, 4.69) is 10.3 Å². The lowest BCUT2D eigenvalue weighted by molar-refractivity contribution is -0.116. The highest BCUT2D eigenvalue weighted by Crippen LogP contribution is 2.23. The molecule has 0 atom stereocenters. The van der Waals surface area contributed by atoms with E-state index in [0.29, 0.717) is 11.4 Å². The van der Waals surface area contributed by atoms with Gasteiger partial charge in [0.05, 0.1) is 23.9 Å². The second kappa shape index (κ2) is 10.3. The van der Waals surface area contributed by atoms with Crippen LogP contribution in [-0.4, -0.2) is 28.0 Å². The number of esters is 1. The number of rotatable bonds is 9. The molecule has 0 radical (unpaired) electrons. The van der Waals surface area contributed by atoms with Crippen molar-refractivity contribution in [2.24, 2.45) is 0 Å². The summed E-state index contributed by atoms with van der Waals surface area (Å²) in [7, 11) is 0. The number of aromatic nitrogens is 2. The first-order chi connectivity index (χ1) is 15.0. The van der Waals surface area contributed by atoms with Crippen LogP contribution in [0.1, 0.15) is 55.1 Å². The van der Waals surface area contributed by atoms with E-state index in [4.69, 9.17) is 4.74 Å². The number of nitrogens with zero attached hydrogens (tertiary/aromatic N) is 2. The van der Waals surface area contributed by atoms with E-state index in [1.54, 1.807) is 5.38 Å². The number of carbonyl (C=O) groups is 2. The zero-order valence-electron chi connectivity index (χ0n) is 18.1. The molecular formula is C23H27N3O4S. The van der Waals surface area contributed by atoms with Gasteiger partial charge in [0.15, 0.2) is 0 Å². The van der Waals surface area contributed by atoms with E-state index in [0.717, 1.165) is 42.5 Å². The smallest absolute Gasteiger partial charge is 0.339 e. The normalized spacial score (nSPS) is 10.9. The maximum Gasteiger partial charge on any atom is 0.339 e. The molecule has 2 aromatic heterocycles. The average molecular weight is 442 g/mol. The van der Waals surface area contributed by atoms with Crippen LogP contribution in [0, 0.1) is 0 Å². The van der Waals surface area contributed by atoms with Crippen LogP contribution < -0.4 is 10.9 Å². The highest BCUT2D eigenvalue weighted by Gasteiger charge is 2.19. The Labute approximate surface area is 185 Å². The number of hydrogen-bond donors (Lipinski definition) is 1. The number of anilines is 1. The Kier molecular flexibility index (Phi) is 7.57. The summed E-state index contributed by atoms with van der Waals surface area (Å²) in [6, 6.07) is 5.94. The van der Waals surface area contributed by atoms with Gasteiger partial charge in [0, 0.05) is 11.1 Å². The van der Waals surface area contributed by atoms with E-state index in [9.17, 15) is 14.4 Å². The largest absolute Gasteiger partial charge is 0.462 e. The number of hydrogen-bond acceptors (Lipinski definition) is 6. The van der Waals surface area contributed by atoms with Crippen molar-refractivity contribution in [3.63, 3.8) is 0 Å². The fourth-order valence-electron chi connectivity index (χ4n) is 3.35. The first-order valence-corrected chi connectivity index (χ1v) is 11.4. The molecule has 3 aromatic rings. The number of fused-ring (bicyclic) bond motifs is 1. The molecule has 1 aromatic carbocycles. The number of carbonyl (C=O) groups excluding carboxylic acids is 2. The van der Waals surface area contributed by atoms with Gasteiger partial charge in [-0.05, 0) is 30.4 Å². The van der Waals surface area contributed by atoms with Crippen LogP contribution in [0.15, 0.2) is 34.7 Å². The number of ether oxygens (including phenoxy) is 1. The zero-order chi connectivity index (χ0) is 22.4. The highest BCUT2D eigenvalue weighted by molar-refractivity contribution is 7.17. The van der Waals surface area contributed by atoms with Gasteiger partial charge in [-0.15, -0.1) is 11.3 Å². The predicted molar refractivity (Wildman–Crippen MR) is 123 cm³/mol. The summed E-state index contributed by atoms with van der Waals surface area (Å²) >= 11 is 1.21. The Morgan fingerprint density at radius 2 is 1.87 bits per heavy atom. The summed E-state index contributed by atoms with van der Waals surface area (Å²) in [5, 5.41) is 4.74. The molecule has 1 N–H and O–H groups in total. The predicted octanol–water partition coefficient (Wildman–Crippen LogP) is 4.18. The molecule has 7 nitrogen and oxygen atoms in total. The van der Waals surface area contributed by atoms with E-state index >= 15 is 0 Å². The van der Waals surface area contributed by atoms with Crippen LogP contribution >= 0.6 is 11.3 Å². The van der Waals surface area contributed by atoms with Crippen LogP contribution in [0.4, 0.5) is 5.69 Å². The number of amides is 1. The molecule has 0 aliphatic rings. The van der Waals surface area contributed by atoms with Gasteiger partial charge in [0.1, 0.15) is 11.4 Å². The number of unbranched alkanes of at least 4 members (excludes halogenated alkanes) is 1. The lowest BCUT2D eigenvalue weighted by atomic mass is 10.0. The standard InChI is InChI=1S/C23H27N3O4S/c1-4-7-11-30-23(29)17-13-31-21-19(17)22(28)26(14-24-21)12-18(27)25-20-15(5-2)9-8-10-16(20)6-3/h8-10,13-14H,4-7,11-12H2,1-3H3,(H,25,27). The molecule has 0 bridgehead atoms. The van der Waals surface area contributed by atoms with Gasteiger partial charge in [-0.25, -0.2) is 9.78 Å². The summed E-state index contributed by atoms with van der Waals surface area (Å²) in [6.07, 6.45) is 4.58. The maximum atomic E-state index is 13.0. The molecule has 0 fully saturated rings. The van der Waals surface area contributed by atoms with Gasteiger partial charge in [0.25, 0.3) is 5.56 Å². The van der Waals surface area contributed by atoms with E-state index in [-0.39, 0.29) is 23.4 Å². The Bertz CT molecular complexity index is 1130. The highest BCUT2D eigenvalue weighted by atomic mass is 32.1. The molecule has 0 aliphatic carbocycles. The number of aryl methyl sites for hydroxylation is 2. The Morgan fingerprint density at radius 3 is 2.52 bits per heavy atom. The third-order valence-corrected chi connectivity index (χ3v) is 5.98. The first kappa shape index (κ1) is 22.7. The Balaban J connectivity index is 1.85. The fourth-order valence-corrected chi connectivity index (χ4v) is 4.22. The van der Waals surface area contributed by atoms with Gasteiger partial charge in [-0.3, -0.25) is 14.2 Å². The Morgan fingerprint density at radius 1 is 1.16 bits per heavy atom. The van der Waals surface area contributed by atoms with E-state index < -0.39 is 11.5 Å². The van der Waals surface area contributed by atoms with Crippen LogP contribution in [0.25, 0.3) is 10.2 Å². The van der Waals surface area contributed by atoms with Crippen molar-refractivity contribution in [1.82, 2.24) is 9.55 Å². The summed E-state index contributed by atoms with van der Waals surface area (Å²) in [6.45, 7) is 6.18. The summed E-state index contributed by atoms with van der Waals surface area (Å²) in [5.74, 6) is -0.855. The van der Waals surface area contributed by atoms with Gasteiger partial charge >= 0.3 is 5.97 Å². The molecule has 0 saturated heterocycles. The van der Waals surface area contributed by atoms with Crippen LogP contribution in [0.3, 0.4) is 0 Å². The Hall–Kier alpha value is -3.00. The molecule has 1 amide bonds. The lowest BCUT2D eigenvalue weighted by Crippen LogP contribution is -2.28. The fraction of sp³-hybridized carbons (Fsp3) is 0.391. The van der Waals surface area contributed by atoms with Crippen molar-refractivity contribution in [3.05, 3.63) is 57.0 Å². The van der Waals surface area contributed by atoms with Gasteiger partial charge in [-0.1, -0.05) is 45.4 Å². The van der Waals surface area contributed by atoms with Gasteiger partial charge < -0.3 is 10.1 Å². The summed E-state index contributed by atoms with van der Waals surface area (Å²) in [5.41, 5.74) is 2.67. The molecule has 0 saturated carbocycles. The summed E-state index contributed by atoms with van der Waals surface area (Å²) in [4.78, 5) is 42.9. The van der Waals surface area contributed by atoms with Crippen molar-refractivity contribution >= 4 is 39.1 Å². The van der Waals surface area contributed by atoms with Crippen molar-refractivity contribution < 1.29 is 14.3 Å². The van der Waals surface area contributed by atoms with Crippen molar-refractivity contribution in [3.8, 4) is 0 Å².